The van der Waals surface area contributed by atoms with Crippen molar-refractivity contribution in [2.24, 2.45) is 0 Å². The second-order valence-corrected chi connectivity index (χ2v) is 3.12. The zero-order valence-electron chi connectivity index (χ0n) is 7.56. The first-order chi connectivity index (χ1) is 6.88. The molecule has 0 unspecified atom stereocenters. The van der Waals surface area contributed by atoms with Gasteiger partial charge >= 0.3 is 5.38 Å². The van der Waals surface area contributed by atoms with Gasteiger partial charge in [-0.25, -0.2) is 4.39 Å². The molecule has 1 aromatic rings. The highest BCUT2D eigenvalue weighted by Gasteiger charge is 2.38. The molecule has 0 saturated heterocycles. The van der Waals surface area contributed by atoms with Crippen LogP contribution in [-0.2, 0) is 0 Å². The number of ketones is 1. The van der Waals surface area contributed by atoms with Gasteiger partial charge in [0, 0.05) is 0 Å². The number of hydrogen-bond donors (Lipinski definition) is 0. The van der Waals surface area contributed by atoms with E-state index in [0.717, 1.165) is 13.2 Å². The number of benzene rings is 1. The Labute approximate surface area is 88.6 Å². The third-order valence-corrected chi connectivity index (χ3v) is 1.86. The van der Waals surface area contributed by atoms with Crippen LogP contribution in [0.4, 0.5) is 13.2 Å². The molecule has 15 heavy (non-hydrogen) atoms. The summed E-state index contributed by atoms with van der Waals surface area (Å²) in [5.41, 5.74) is -0.797. The normalized spacial score (nSPS) is 11.3. The van der Waals surface area contributed by atoms with Crippen LogP contribution >= 0.6 is 11.6 Å². The number of Topliss-reactive ketones (excluding diaryl/α,β-unsaturated/α-hetero) is 1. The number of rotatable bonds is 3. The third kappa shape index (κ3) is 2.41. The summed E-state index contributed by atoms with van der Waals surface area (Å²) < 4.78 is 42.7. The highest BCUT2D eigenvalue weighted by Crippen LogP contribution is 2.28. The van der Waals surface area contributed by atoms with E-state index in [2.05, 4.69) is 16.3 Å². The first-order valence-electron chi connectivity index (χ1n) is 3.82. The first-order valence-corrected chi connectivity index (χ1v) is 4.19. The molecule has 0 saturated carbocycles. The van der Waals surface area contributed by atoms with Gasteiger partial charge in [-0.05, 0) is 23.7 Å². The molecule has 6 heteroatoms. The summed E-state index contributed by atoms with van der Waals surface area (Å²) in [5.74, 6) is -3.23. The molecule has 2 nitrogen and oxygen atoms in total. The highest BCUT2D eigenvalue weighted by molar-refractivity contribution is 6.35. The quantitative estimate of drug-likeness (QED) is 0.598. The van der Waals surface area contributed by atoms with Gasteiger partial charge in [-0.2, -0.15) is 8.78 Å². The van der Waals surface area contributed by atoms with Crippen LogP contribution in [0.2, 0.25) is 0 Å². The van der Waals surface area contributed by atoms with Crippen LogP contribution in [0.1, 0.15) is 10.4 Å². The zero-order valence-corrected chi connectivity index (χ0v) is 8.32. The van der Waals surface area contributed by atoms with Gasteiger partial charge in [-0.15, -0.1) is 0 Å². The van der Waals surface area contributed by atoms with Crippen molar-refractivity contribution in [3.8, 4) is 5.75 Å². The predicted octanol–water partition coefficient (Wildman–Crippen LogP) is 2.85. The molecule has 0 amide bonds. The molecular weight excluding hydrogens is 233 g/mol. The second kappa shape index (κ2) is 4.10. The lowest BCUT2D eigenvalue weighted by Crippen LogP contribution is -2.22. The van der Waals surface area contributed by atoms with Crippen LogP contribution in [-0.4, -0.2) is 18.3 Å². The Morgan fingerprint density at radius 3 is 2.53 bits per heavy atom. The predicted molar refractivity (Wildman–Crippen MR) is 48.1 cm³/mol. The summed E-state index contributed by atoms with van der Waals surface area (Å²) in [4.78, 5) is 11.0. The fraction of sp³-hybridized carbons (Fsp3) is 0.222. The maximum atomic E-state index is 13.3. The Hall–Kier alpha value is -1.23. The lowest BCUT2D eigenvalue weighted by Gasteiger charge is -2.09. The first kappa shape index (κ1) is 11.8. The van der Waals surface area contributed by atoms with Crippen molar-refractivity contribution in [3.05, 3.63) is 29.6 Å². The standard InChI is InChI=1S/C9H6ClF3O2/c1-15-6-4-2-3-5(7(6)11)8(14)9(10,12)13/h2-4H,1H3. The van der Waals surface area contributed by atoms with Crippen molar-refractivity contribution in [1.82, 2.24) is 0 Å². The van der Waals surface area contributed by atoms with Crippen LogP contribution in [0, 0.1) is 5.82 Å². The minimum absolute atomic E-state index is 0.290. The van der Waals surface area contributed by atoms with Crippen LogP contribution in [0.5, 0.6) is 5.75 Å². The number of carbonyl (C=O) groups is 1. The van der Waals surface area contributed by atoms with Gasteiger partial charge in [0.15, 0.2) is 11.6 Å². The Bertz CT molecular complexity index is 387. The molecule has 0 atom stereocenters. The Kier molecular flexibility index (Phi) is 3.24. The molecule has 0 radical (unpaired) electrons. The molecule has 0 aliphatic rings. The number of alkyl halides is 3. The van der Waals surface area contributed by atoms with Crippen LogP contribution < -0.4 is 4.74 Å². The maximum Gasteiger partial charge on any atom is 0.385 e. The average molecular weight is 239 g/mol. The summed E-state index contributed by atoms with van der Waals surface area (Å²) in [6.07, 6.45) is 0. The number of carbonyl (C=O) groups excluding carboxylic acids is 1. The lowest BCUT2D eigenvalue weighted by atomic mass is 10.1. The largest absolute Gasteiger partial charge is 0.494 e. The summed E-state index contributed by atoms with van der Waals surface area (Å²) in [6, 6.07) is 3.34. The number of methoxy groups -OCH3 is 1. The highest BCUT2D eigenvalue weighted by atomic mass is 35.5. The van der Waals surface area contributed by atoms with E-state index in [1.54, 1.807) is 0 Å². The summed E-state index contributed by atoms with van der Waals surface area (Å²) >= 11 is 4.50. The Morgan fingerprint density at radius 1 is 1.47 bits per heavy atom. The van der Waals surface area contributed by atoms with Gasteiger partial charge in [0.05, 0.1) is 12.7 Å². The molecule has 0 spiro atoms. The molecular formula is C9H6ClF3O2. The maximum absolute atomic E-state index is 13.3. The van der Waals surface area contributed by atoms with Crippen LogP contribution in [0.15, 0.2) is 18.2 Å². The van der Waals surface area contributed by atoms with E-state index in [1.165, 1.54) is 12.1 Å². The molecule has 1 rings (SSSR count). The average Bonchev–Trinajstić information content (AvgIpc) is 2.16. The third-order valence-electron chi connectivity index (χ3n) is 1.69. The Balaban J connectivity index is 3.22. The van der Waals surface area contributed by atoms with Gasteiger partial charge in [0.2, 0.25) is 0 Å². The van der Waals surface area contributed by atoms with Gasteiger partial charge in [-0.3, -0.25) is 4.79 Å². The van der Waals surface area contributed by atoms with Crippen LogP contribution in [0.25, 0.3) is 0 Å². The topological polar surface area (TPSA) is 26.3 Å². The van der Waals surface area contributed by atoms with Gasteiger partial charge < -0.3 is 4.74 Å². The number of ether oxygens (including phenoxy) is 1. The van der Waals surface area contributed by atoms with Crippen molar-refractivity contribution in [2.75, 3.05) is 7.11 Å². The fourth-order valence-corrected chi connectivity index (χ4v) is 1.10. The lowest BCUT2D eigenvalue weighted by molar-refractivity contribution is 0.0531. The summed E-state index contributed by atoms with van der Waals surface area (Å²) in [6.45, 7) is 0. The van der Waals surface area contributed by atoms with Crippen molar-refractivity contribution in [1.29, 1.82) is 0 Å². The van der Waals surface area contributed by atoms with Crippen molar-refractivity contribution >= 4 is 17.4 Å². The molecule has 1 aromatic carbocycles. The monoisotopic (exact) mass is 238 g/mol. The van der Waals surface area contributed by atoms with E-state index >= 15 is 0 Å². The number of hydrogen-bond acceptors (Lipinski definition) is 2. The molecule has 82 valence electrons. The molecule has 0 aromatic heterocycles. The smallest absolute Gasteiger partial charge is 0.385 e. The van der Waals surface area contributed by atoms with E-state index in [0.29, 0.717) is 0 Å². The molecule has 0 aliphatic carbocycles. The SMILES string of the molecule is COc1cccc(C(=O)C(F)(F)Cl)c1F. The molecule has 0 N–H and O–H groups in total. The minimum Gasteiger partial charge on any atom is -0.494 e. The second-order valence-electron chi connectivity index (χ2n) is 2.65. The van der Waals surface area contributed by atoms with E-state index in [-0.39, 0.29) is 5.75 Å². The van der Waals surface area contributed by atoms with E-state index in [9.17, 15) is 18.0 Å². The number of halogens is 4. The summed E-state index contributed by atoms with van der Waals surface area (Å²) in [5, 5.41) is -4.12. The molecule has 0 fully saturated rings. The molecule has 0 aliphatic heterocycles. The van der Waals surface area contributed by atoms with Gasteiger partial charge in [-0.1, -0.05) is 6.07 Å². The summed E-state index contributed by atoms with van der Waals surface area (Å²) in [7, 11) is 1.16. The molecule has 0 bridgehead atoms. The fourth-order valence-electron chi connectivity index (χ4n) is 0.997. The zero-order chi connectivity index (χ0) is 11.6. The van der Waals surface area contributed by atoms with Crippen molar-refractivity contribution in [3.63, 3.8) is 0 Å². The van der Waals surface area contributed by atoms with E-state index < -0.39 is 22.5 Å². The Morgan fingerprint density at radius 2 is 2.07 bits per heavy atom. The van der Waals surface area contributed by atoms with E-state index in [4.69, 9.17) is 0 Å². The molecule has 0 heterocycles. The van der Waals surface area contributed by atoms with Crippen molar-refractivity contribution < 1.29 is 22.7 Å². The van der Waals surface area contributed by atoms with Crippen LogP contribution in [0.3, 0.4) is 0 Å². The van der Waals surface area contributed by atoms with E-state index in [1.807, 2.05) is 0 Å². The minimum atomic E-state index is -4.12. The van der Waals surface area contributed by atoms with Gasteiger partial charge in [0.25, 0.3) is 5.78 Å². The van der Waals surface area contributed by atoms with Crippen molar-refractivity contribution in [2.45, 2.75) is 5.38 Å². The van der Waals surface area contributed by atoms with Gasteiger partial charge in [0.1, 0.15) is 0 Å².